The quantitative estimate of drug-likeness (QED) is 0.310. The highest BCUT2D eigenvalue weighted by Crippen LogP contribution is 2.54. The Morgan fingerprint density at radius 3 is 2.67 bits per heavy atom. The van der Waals surface area contributed by atoms with Gasteiger partial charge in [0.15, 0.2) is 5.78 Å². The maximum Gasteiger partial charge on any atom is 0.256 e. The number of fused-ring (bicyclic) bond motifs is 5. The molecule has 10 heteroatoms. The van der Waals surface area contributed by atoms with E-state index in [1.807, 2.05) is 6.20 Å². The number of Topliss-reactive ketones (excluding diaryl/α,β-unsaturated/α-hetero) is 2. The van der Waals surface area contributed by atoms with E-state index < -0.39 is 24.2 Å². The molecule has 2 N–H and O–H groups in total. The van der Waals surface area contributed by atoms with Gasteiger partial charge in [-0.3, -0.25) is 14.4 Å². The smallest absolute Gasteiger partial charge is 0.256 e. The van der Waals surface area contributed by atoms with Crippen LogP contribution in [0.2, 0.25) is 0 Å². The molecule has 0 aromatic rings. The summed E-state index contributed by atoms with van der Waals surface area (Å²) in [6.07, 6.45) is 13.3. The first-order valence-corrected chi connectivity index (χ1v) is 18.4. The zero-order valence-electron chi connectivity index (χ0n) is 27.3. The molecule has 0 bridgehead atoms. The first-order chi connectivity index (χ1) is 22.4. The van der Waals surface area contributed by atoms with Gasteiger partial charge in [0.05, 0.1) is 35.9 Å². The summed E-state index contributed by atoms with van der Waals surface area (Å²) in [7, 11) is 2.13. The van der Waals surface area contributed by atoms with Crippen LogP contribution in [0.4, 0.5) is 4.39 Å². The SMILES string of the molecule is CN1CCCC1CCNC(=O)C1=CN2C3CC4C(CC3OC3C(NCCN5CCCC5)C(F)CC(C1=O)C32)C(=O)C1C=CCCC14. The average molecular weight is 638 g/mol. The summed E-state index contributed by atoms with van der Waals surface area (Å²) < 4.78 is 23.1. The molecule has 12 atom stereocenters. The molecule has 1 amide bonds. The number of nitrogens with one attached hydrogen (secondary N) is 2. The number of carbonyl (C=O) groups is 3. The second kappa shape index (κ2) is 12.7. The molecule has 3 saturated heterocycles. The number of amides is 1. The van der Waals surface area contributed by atoms with Gasteiger partial charge in [0.1, 0.15) is 12.0 Å². The van der Waals surface area contributed by atoms with Crippen LogP contribution < -0.4 is 10.6 Å². The van der Waals surface area contributed by atoms with Crippen LogP contribution >= 0.6 is 0 Å². The van der Waals surface area contributed by atoms with E-state index >= 15 is 4.39 Å². The Kier molecular flexibility index (Phi) is 8.61. The minimum atomic E-state index is -1.26. The fourth-order valence-electron chi connectivity index (χ4n) is 10.9. The summed E-state index contributed by atoms with van der Waals surface area (Å²) in [5.41, 5.74) is 0.163. The van der Waals surface area contributed by atoms with E-state index in [2.05, 4.69) is 44.5 Å². The molecule has 6 fully saturated rings. The number of carbonyl (C=O) groups excluding carboxylic acids is 3. The number of ketones is 2. The van der Waals surface area contributed by atoms with Crippen LogP contribution in [-0.2, 0) is 19.1 Å². The van der Waals surface area contributed by atoms with Gasteiger partial charge >= 0.3 is 0 Å². The Morgan fingerprint density at radius 2 is 1.87 bits per heavy atom. The van der Waals surface area contributed by atoms with Crippen LogP contribution in [0.25, 0.3) is 0 Å². The van der Waals surface area contributed by atoms with Crippen molar-refractivity contribution in [1.29, 1.82) is 0 Å². The number of hydrogen-bond acceptors (Lipinski definition) is 8. The van der Waals surface area contributed by atoms with Crippen LogP contribution in [0.3, 0.4) is 0 Å². The van der Waals surface area contributed by atoms with Crippen LogP contribution in [0, 0.1) is 29.6 Å². The zero-order chi connectivity index (χ0) is 31.5. The number of halogens is 1. The third-order valence-electron chi connectivity index (χ3n) is 13.3. The lowest BCUT2D eigenvalue weighted by molar-refractivity contribution is -0.206. The predicted octanol–water partition coefficient (Wildman–Crippen LogP) is 2.46. The van der Waals surface area contributed by atoms with Gasteiger partial charge in [-0.2, -0.15) is 0 Å². The van der Waals surface area contributed by atoms with Crippen molar-refractivity contribution in [1.82, 2.24) is 25.3 Å². The molecule has 9 nitrogen and oxygen atoms in total. The van der Waals surface area contributed by atoms with Gasteiger partial charge in [-0.05, 0) is 103 Å². The van der Waals surface area contributed by atoms with Gasteiger partial charge in [0.25, 0.3) is 5.91 Å². The van der Waals surface area contributed by atoms with Crippen LogP contribution in [0.5, 0.6) is 0 Å². The highest BCUT2D eigenvalue weighted by atomic mass is 19.1. The molecule has 3 saturated carbocycles. The van der Waals surface area contributed by atoms with E-state index in [0.29, 0.717) is 37.3 Å². The van der Waals surface area contributed by atoms with Crippen molar-refractivity contribution in [3.8, 4) is 0 Å². The number of likely N-dealkylation sites (tertiary alicyclic amines) is 2. The Labute approximate surface area is 272 Å². The van der Waals surface area contributed by atoms with E-state index in [-0.39, 0.29) is 59.6 Å². The zero-order valence-corrected chi connectivity index (χ0v) is 27.3. The maximum atomic E-state index is 16.2. The molecular formula is C36H52FN5O4. The highest BCUT2D eigenvalue weighted by Gasteiger charge is 2.62. The number of alkyl halides is 1. The van der Waals surface area contributed by atoms with Crippen molar-refractivity contribution in [3.05, 3.63) is 23.9 Å². The molecular weight excluding hydrogens is 585 g/mol. The monoisotopic (exact) mass is 637 g/mol. The molecule has 252 valence electrons. The average Bonchev–Trinajstić information content (AvgIpc) is 3.79. The minimum Gasteiger partial charge on any atom is -0.369 e. The fraction of sp³-hybridized carbons (Fsp3) is 0.806. The van der Waals surface area contributed by atoms with Gasteiger partial charge in [-0.25, -0.2) is 4.39 Å². The van der Waals surface area contributed by atoms with Gasteiger partial charge in [0, 0.05) is 49.6 Å². The van der Waals surface area contributed by atoms with Gasteiger partial charge in [0.2, 0.25) is 0 Å². The molecule has 8 rings (SSSR count). The summed E-state index contributed by atoms with van der Waals surface area (Å²) in [6, 6.07) is -0.434. The summed E-state index contributed by atoms with van der Waals surface area (Å²) in [5, 5.41) is 6.58. The third-order valence-corrected chi connectivity index (χ3v) is 13.3. The normalized spacial score (nSPS) is 43.6. The summed E-state index contributed by atoms with van der Waals surface area (Å²) in [6.45, 7) is 5.31. The lowest BCUT2D eigenvalue weighted by atomic mass is 9.66. The predicted molar refractivity (Wildman–Crippen MR) is 171 cm³/mol. The van der Waals surface area contributed by atoms with E-state index in [1.165, 1.54) is 19.3 Å². The van der Waals surface area contributed by atoms with Crippen LogP contribution in [0.15, 0.2) is 23.9 Å². The first-order valence-electron chi connectivity index (χ1n) is 18.4. The summed E-state index contributed by atoms with van der Waals surface area (Å²) in [4.78, 5) is 48.3. The first kappa shape index (κ1) is 31.1. The number of hydrogen-bond donors (Lipinski definition) is 2. The van der Waals surface area contributed by atoms with E-state index in [1.54, 1.807) is 0 Å². The van der Waals surface area contributed by atoms with Gasteiger partial charge in [-0.15, -0.1) is 0 Å². The number of rotatable bonds is 8. The summed E-state index contributed by atoms with van der Waals surface area (Å²) in [5.74, 6) is -0.282. The van der Waals surface area contributed by atoms with Crippen LogP contribution in [-0.4, -0.2) is 121 Å². The Hall–Kier alpha value is -2.14. The lowest BCUT2D eigenvalue weighted by Crippen LogP contribution is -2.73. The van der Waals surface area contributed by atoms with E-state index in [9.17, 15) is 14.4 Å². The largest absolute Gasteiger partial charge is 0.369 e. The molecule has 0 aromatic heterocycles. The molecule has 0 radical (unpaired) electrons. The molecule has 46 heavy (non-hydrogen) atoms. The Balaban J connectivity index is 1.06. The van der Waals surface area contributed by atoms with Gasteiger partial charge < -0.3 is 30.1 Å². The number of nitrogens with zero attached hydrogens (tertiary/aromatic N) is 3. The number of ether oxygens (including phenoxy) is 1. The lowest BCUT2D eigenvalue weighted by Gasteiger charge is -2.60. The Bertz CT molecular complexity index is 1270. The van der Waals surface area contributed by atoms with E-state index in [4.69, 9.17) is 4.74 Å². The molecule has 4 aliphatic carbocycles. The molecule has 4 heterocycles. The topological polar surface area (TPSA) is 94.2 Å². The number of allylic oxidation sites excluding steroid dienone is 2. The fourth-order valence-corrected chi connectivity index (χ4v) is 10.9. The molecule has 12 unspecified atom stereocenters. The number of morpholine rings is 1. The van der Waals surface area contributed by atoms with Crippen molar-refractivity contribution in [2.45, 2.75) is 107 Å². The highest BCUT2D eigenvalue weighted by molar-refractivity contribution is 6.20. The molecule has 4 aliphatic heterocycles. The third kappa shape index (κ3) is 5.39. The van der Waals surface area contributed by atoms with Crippen molar-refractivity contribution in [3.63, 3.8) is 0 Å². The maximum absolute atomic E-state index is 16.2. The molecule has 8 aliphatic rings. The van der Waals surface area contributed by atoms with E-state index in [0.717, 1.165) is 58.3 Å². The molecule has 0 spiro atoms. The van der Waals surface area contributed by atoms with Gasteiger partial charge in [-0.1, -0.05) is 12.2 Å². The van der Waals surface area contributed by atoms with Crippen molar-refractivity contribution < 1.29 is 23.5 Å². The standard InChI is InChI=1S/C36H52FN5O4/c1-40-13-6-7-21(40)10-11-39-36(45)27-20-42-29-18-24-22-8-2-3-9-23(22)33(43)25(24)19-30(29)46-35-31(38-12-16-41-14-4-5-15-41)28(37)17-26(32(35)42)34(27)44/h3,9,20-26,28-32,35,38H,2,4-8,10-19H2,1H3,(H,39,45). The molecule has 0 aromatic carbocycles. The second-order valence-electron chi connectivity index (χ2n) is 15.6. The summed E-state index contributed by atoms with van der Waals surface area (Å²) >= 11 is 0. The second-order valence-corrected chi connectivity index (χ2v) is 15.6. The van der Waals surface area contributed by atoms with Crippen molar-refractivity contribution in [2.75, 3.05) is 46.3 Å². The Morgan fingerprint density at radius 1 is 1.02 bits per heavy atom. The van der Waals surface area contributed by atoms with Crippen molar-refractivity contribution >= 4 is 17.5 Å². The van der Waals surface area contributed by atoms with Crippen LogP contribution in [0.1, 0.15) is 64.2 Å². The minimum absolute atomic E-state index is 0.00659. The van der Waals surface area contributed by atoms with Crippen molar-refractivity contribution in [2.24, 2.45) is 29.6 Å².